The third-order valence-corrected chi connectivity index (χ3v) is 13.6. The van der Waals surface area contributed by atoms with Crippen LogP contribution >= 0.6 is 0 Å². The molecule has 0 N–H and O–H groups in total. The summed E-state index contributed by atoms with van der Waals surface area (Å²) < 4.78 is 6.09. The van der Waals surface area contributed by atoms with Crippen LogP contribution in [0.1, 0.15) is 219 Å². The highest BCUT2D eigenvalue weighted by molar-refractivity contribution is 5.07. The quantitative estimate of drug-likeness (QED) is 0.0746. The summed E-state index contributed by atoms with van der Waals surface area (Å²) in [5, 5.41) is 0. The Kier molecular flexibility index (Phi) is 20.5. The van der Waals surface area contributed by atoms with Crippen molar-refractivity contribution in [3.63, 3.8) is 0 Å². The van der Waals surface area contributed by atoms with Crippen molar-refractivity contribution < 1.29 is 4.74 Å². The summed E-state index contributed by atoms with van der Waals surface area (Å²) in [6.45, 7) is 6.59. The second-order valence-electron chi connectivity index (χ2n) is 17.5. The fourth-order valence-electron chi connectivity index (χ4n) is 10.1. The molecule has 0 radical (unpaired) electrons. The molecule has 4 rings (SSSR count). The monoisotopic (exact) mass is 651 g/mol. The van der Waals surface area contributed by atoms with E-state index in [9.17, 15) is 0 Å². The second kappa shape index (κ2) is 24.6. The molecule has 0 amide bonds. The third kappa shape index (κ3) is 16.8. The van der Waals surface area contributed by atoms with Gasteiger partial charge in [-0.15, -0.1) is 0 Å². The average molecular weight is 651 g/mol. The van der Waals surface area contributed by atoms with E-state index in [-0.39, 0.29) is 0 Å². The Morgan fingerprint density at radius 3 is 1.13 bits per heavy atom. The molecule has 1 heteroatoms. The Hall–Kier alpha value is -0.560. The van der Waals surface area contributed by atoms with Crippen LogP contribution in [0.2, 0.25) is 0 Å². The number of allylic oxidation sites excluding steroid dienone is 4. The highest BCUT2D eigenvalue weighted by Gasteiger charge is 2.23. The van der Waals surface area contributed by atoms with E-state index in [4.69, 9.17) is 4.74 Å². The molecule has 272 valence electrons. The van der Waals surface area contributed by atoms with E-state index in [0.717, 1.165) is 48.7 Å². The predicted octanol–water partition coefficient (Wildman–Crippen LogP) is 15.1. The lowest BCUT2D eigenvalue weighted by Crippen LogP contribution is -2.15. The van der Waals surface area contributed by atoms with Gasteiger partial charge < -0.3 is 4.74 Å². The Balaban J connectivity index is 0.915. The van der Waals surface area contributed by atoms with Gasteiger partial charge in [-0.2, -0.15) is 0 Å². The highest BCUT2D eigenvalue weighted by atomic mass is 16.5. The van der Waals surface area contributed by atoms with Crippen LogP contribution in [0.25, 0.3) is 0 Å². The highest BCUT2D eigenvalue weighted by Crippen LogP contribution is 2.38. The van der Waals surface area contributed by atoms with Crippen LogP contribution in [0.3, 0.4) is 0 Å². The fraction of sp³-hybridized carbons (Fsp3) is 0.913. The Bertz CT molecular complexity index is 754. The summed E-state index contributed by atoms with van der Waals surface area (Å²) in [4.78, 5) is 0. The smallest absolute Gasteiger partial charge is 0.0469 e. The molecule has 0 aliphatic heterocycles. The summed E-state index contributed by atoms with van der Waals surface area (Å²) in [5.74, 6) is 6.18. The van der Waals surface area contributed by atoms with Crippen molar-refractivity contribution in [1.29, 1.82) is 0 Å². The van der Waals surface area contributed by atoms with Gasteiger partial charge in [-0.05, 0) is 99.7 Å². The summed E-state index contributed by atoms with van der Waals surface area (Å²) in [7, 11) is 0. The summed E-state index contributed by atoms with van der Waals surface area (Å²) in [5.41, 5.74) is 3.47. The molecule has 1 nitrogen and oxygen atoms in total. The van der Waals surface area contributed by atoms with E-state index in [2.05, 4.69) is 26.0 Å². The number of unbranched alkanes of at least 4 members (excludes halogenated alkanes) is 4. The largest absolute Gasteiger partial charge is 0.381 e. The SMILES string of the molecule is CCCCCC1CCC(CCCC2CC=C(CCCOCCCC3=CCC(CCCC4CCC(CCCCC)CC4)CC3)CC2)CC1. The fourth-order valence-corrected chi connectivity index (χ4v) is 10.1. The molecule has 47 heavy (non-hydrogen) atoms. The maximum atomic E-state index is 6.09. The van der Waals surface area contributed by atoms with Gasteiger partial charge in [0.25, 0.3) is 0 Å². The molecule has 0 aromatic carbocycles. The molecule has 0 bridgehead atoms. The van der Waals surface area contributed by atoms with E-state index >= 15 is 0 Å². The van der Waals surface area contributed by atoms with Gasteiger partial charge in [0.15, 0.2) is 0 Å². The molecule has 0 saturated heterocycles. The van der Waals surface area contributed by atoms with Crippen molar-refractivity contribution in [2.45, 2.75) is 219 Å². The molecule has 0 spiro atoms. The summed E-state index contributed by atoms with van der Waals surface area (Å²) in [6, 6.07) is 0. The number of hydrogen-bond donors (Lipinski definition) is 0. The van der Waals surface area contributed by atoms with Crippen LogP contribution < -0.4 is 0 Å². The van der Waals surface area contributed by atoms with Gasteiger partial charge in [0.1, 0.15) is 0 Å². The normalized spacial score (nSPS) is 28.6. The molecule has 4 aliphatic rings. The van der Waals surface area contributed by atoms with Gasteiger partial charge in [-0.3, -0.25) is 0 Å². The lowest BCUT2D eigenvalue weighted by molar-refractivity contribution is 0.129. The van der Waals surface area contributed by atoms with E-state index in [1.165, 1.54) is 205 Å². The van der Waals surface area contributed by atoms with Crippen LogP contribution in [-0.2, 0) is 4.74 Å². The Morgan fingerprint density at radius 2 is 0.787 bits per heavy atom. The van der Waals surface area contributed by atoms with Crippen LogP contribution in [0.4, 0.5) is 0 Å². The molecule has 0 aromatic heterocycles. The maximum Gasteiger partial charge on any atom is 0.0469 e. The average Bonchev–Trinajstić information content (AvgIpc) is 3.11. The molecule has 0 aromatic rings. The Labute approximate surface area is 295 Å². The predicted molar refractivity (Wildman–Crippen MR) is 207 cm³/mol. The van der Waals surface area contributed by atoms with Crippen molar-refractivity contribution in [3.8, 4) is 0 Å². The van der Waals surface area contributed by atoms with Crippen LogP contribution in [0, 0.1) is 35.5 Å². The van der Waals surface area contributed by atoms with Crippen LogP contribution in [0.15, 0.2) is 23.3 Å². The van der Waals surface area contributed by atoms with Crippen molar-refractivity contribution in [2.75, 3.05) is 13.2 Å². The minimum absolute atomic E-state index is 0.962. The van der Waals surface area contributed by atoms with Gasteiger partial charge in [0, 0.05) is 13.2 Å². The lowest BCUT2D eigenvalue weighted by atomic mass is 9.77. The number of ether oxygens (including phenoxy) is 1. The van der Waals surface area contributed by atoms with Crippen molar-refractivity contribution in [3.05, 3.63) is 23.3 Å². The second-order valence-corrected chi connectivity index (χ2v) is 17.5. The molecular formula is C46H82O. The van der Waals surface area contributed by atoms with Crippen LogP contribution in [-0.4, -0.2) is 13.2 Å². The zero-order chi connectivity index (χ0) is 32.8. The van der Waals surface area contributed by atoms with Gasteiger partial charge >= 0.3 is 0 Å². The minimum atomic E-state index is 0.962. The van der Waals surface area contributed by atoms with E-state index < -0.39 is 0 Å². The van der Waals surface area contributed by atoms with Gasteiger partial charge in [0.05, 0.1) is 0 Å². The van der Waals surface area contributed by atoms with Crippen LogP contribution in [0.5, 0.6) is 0 Å². The molecule has 2 fully saturated rings. The summed E-state index contributed by atoms with van der Waals surface area (Å²) >= 11 is 0. The first-order chi connectivity index (χ1) is 23.2. The molecule has 2 saturated carbocycles. The first-order valence-corrected chi connectivity index (χ1v) is 22.1. The topological polar surface area (TPSA) is 9.23 Å². The van der Waals surface area contributed by atoms with Crippen molar-refractivity contribution in [1.82, 2.24) is 0 Å². The van der Waals surface area contributed by atoms with Crippen molar-refractivity contribution in [2.24, 2.45) is 35.5 Å². The van der Waals surface area contributed by atoms with Crippen molar-refractivity contribution >= 4 is 0 Å². The van der Waals surface area contributed by atoms with E-state index in [1.807, 2.05) is 0 Å². The standard InChI is InChI=1S/C46H82O/c1-3-5-7-13-39-21-25-41(26-22-39)15-9-17-43-29-33-45(34-30-43)19-11-37-47-38-12-20-46-35-31-44(32-36-46)18-10-16-42-27-23-40(24-28-42)14-8-6-4-2/h33,35,39-44H,3-32,34,36-38H2,1-2H3. The maximum absolute atomic E-state index is 6.09. The molecule has 4 aliphatic carbocycles. The first kappa shape index (κ1) is 39.2. The molecule has 0 heterocycles. The van der Waals surface area contributed by atoms with Gasteiger partial charge in [0.2, 0.25) is 0 Å². The first-order valence-electron chi connectivity index (χ1n) is 22.1. The lowest BCUT2D eigenvalue weighted by Gasteiger charge is -2.29. The number of rotatable bonds is 24. The van der Waals surface area contributed by atoms with E-state index in [0.29, 0.717) is 0 Å². The zero-order valence-electron chi connectivity index (χ0n) is 32.1. The molecule has 2 atom stereocenters. The summed E-state index contributed by atoms with van der Waals surface area (Å²) in [6.07, 6.45) is 51.5. The van der Waals surface area contributed by atoms with Gasteiger partial charge in [-0.1, -0.05) is 178 Å². The zero-order valence-corrected chi connectivity index (χ0v) is 32.1. The number of hydrogen-bond acceptors (Lipinski definition) is 1. The molecule has 2 unspecified atom stereocenters. The minimum Gasteiger partial charge on any atom is -0.381 e. The molecular weight excluding hydrogens is 569 g/mol. The van der Waals surface area contributed by atoms with E-state index in [1.54, 1.807) is 11.1 Å². The third-order valence-electron chi connectivity index (χ3n) is 13.6. The van der Waals surface area contributed by atoms with Gasteiger partial charge in [-0.25, -0.2) is 0 Å². The Morgan fingerprint density at radius 1 is 0.426 bits per heavy atom.